The van der Waals surface area contributed by atoms with Gasteiger partial charge in [0.05, 0.1) is 27.8 Å². The Labute approximate surface area is 321 Å². The second-order valence-corrected chi connectivity index (χ2v) is 15.6. The number of rotatable bonds is 4. The first-order valence-corrected chi connectivity index (χ1v) is 19.7. The molecule has 0 radical (unpaired) electrons. The largest absolute Gasteiger partial charge is 0.309 e. The van der Waals surface area contributed by atoms with E-state index in [0.717, 1.165) is 5.69 Å². The third-order valence-electron chi connectivity index (χ3n) is 11.5. The van der Waals surface area contributed by atoms with Gasteiger partial charge in [0.2, 0.25) is 0 Å². The van der Waals surface area contributed by atoms with Gasteiger partial charge >= 0.3 is 0 Å². The molecule has 0 unspecified atom stereocenters. The summed E-state index contributed by atoms with van der Waals surface area (Å²) < 4.78 is 7.52. The molecular formula is C52H32N2S. The lowest BCUT2D eigenvalue weighted by molar-refractivity contribution is 1.18. The molecule has 256 valence electrons. The van der Waals surface area contributed by atoms with E-state index in [9.17, 15) is 0 Å². The summed E-state index contributed by atoms with van der Waals surface area (Å²) in [6.45, 7) is 0. The van der Waals surface area contributed by atoms with E-state index in [0.29, 0.717) is 0 Å². The van der Waals surface area contributed by atoms with Crippen LogP contribution in [0.3, 0.4) is 0 Å². The Morgan fingerprint density at radius 3 is 1.60 bits per heavy atom. The first-order valence-electron chi connectivity index (χ1n) is 18.8. The second-order valence-electron chi connectivity index (χ2n) is 14.5. The van der Waals surface area contributed by atoms with Crippen LogP contribution in [0.4, 0.5) is 0 Å². The van der Waals surface area contributed by atoms with Gasteiger partial charge in [-0.05, 0) is 99.8 Å². The Hall–Kier alpha value is -6.94. The molecule has 3 heterocycles. The van der Waals surface area contributed by atoms with E-state index in [1.165, 1.54) is 102 Å². The molecule has 0 N–H and O–H groups in total. The molecule has 0 fully saturated rings. The fourth-order valence-corrected chi connectivity index (χ4v) is 10.2. The van der Waals surface area contributed by atoms with E-state index in [2.05, 4.69) is 203 Å². The fraction of sp³-hybridized carbons (Fsp3) is 0. The number of hydrogen-bond acceptors (Lipinski definition) is 1. The van der Waals surface area contributed by atoms with Crippen LogP contribution in [-0.4, -0.2) is 9.13 Å². The molecule has 0 aliphatic heterocycles. The fourth-order valence-electron chi connectivity index (χ4n) is 9.05. The number of hydrogen-bond donors (Lipinski definition) is 0. The minimum atomic E-state index is 1.16. The molecule has 0 amide bonds. The number of nitrogens with zero attached hydrogens (tertiary/aromatic N) is 2. The molecule has 0 spiro atoms. The van der Waals surface area contributed by atoms with Gasteiger partial charge in [0.15, 0.2) is 0 Å². The Bertz CT molecular complexity index is 3480. The van der Waals surface area contributed by atoms with Gasteiger partial charge in [-0.25, -0.2) is 0 Å². The lowest BCUT2D eigenvalue weighted by atomic mass is 9.98. The zero-order chi connectivity index (χ0) is 36.0. The standard InChI is InChI=1S/C52H32N2S/c1-2-13-38-33(11-1)12-9-17-39(38)34-23-27-37(28-24-34)53-45-18-6-3-14-40(45)43-31-35(25-29-47(43)53)36-26-30-48-44(32-36)41-15-4-7-19-46(41)54(48)49-20-10-22-51-52(49)42-16-5-8-21-50(42)55-51/h1-32H. The highest BCUT2D eigenvalue weighted by molar-refractivity contribution is 7.25. The van der Waals surface area contributed by atoms with Crippen molar-refractivity contribution in [3.63, 3.8) is 0 Å². The molecule has 12 rings (SSSR count). The first kappa shape index (κ1) is 30.5. The van der Waals surface area contributed by atoms with E-state index in [1.807, 2.05) is 11.3 Å². The summed E-state index contributed by atoms with van der Waals surface area (Å²) in [6.07, 6.45) is 0. The highest BCUT2D eigenvalue weighted by Crippen LogP contribution is 2.42. The van der Waals surface area contributed by atoms with E-state index < -0.39 is 0 Å². The zero-order valence-corrected chi connectivity index (χ0v) is 30.6. The molecule has 0 atom stereocenters. The topological polar surface area (TPSA) is 9.86 Å². The third-order valence-corrected chi connectivity index (χ3v) is 12.7. The van der Waals surface area contributed by atoms with Gasteiger partial charge in [0.25, 0.3) is 0 Å². The molecule has 2 nitrogen and oxygen atoms in total. The lowest BCUT2D eigenvalue weighted by Crippen LogP contribution is -1.94. The smallest absolute Gasteiger partial charge is 0.0555 e. The lowest BCUT2D eigenvalue weighted by Gasteiger charge is -2.11. The summed E-state index contributed by atoms with van der Waals surface area (Å²) in [7, 11) is 0. The van der Waals surface area contributed by atoms with Crippen LogP contribution in [0, 0.1) is 0 Å². The van der Waals surface area contributed by atoms with Gasteiger partial charge in [-0.15, -0.1) is 11.3 Å². The minimum absolute atomic E-state index is 1.16. The van der Waals surface area contributed by atoms with Gasteiger partial charge in [-0.1, -0.05) is 127 Å². The van der Waals surface area contributed by atoms with Crippen LogP contribution in [-0.2, 0) is 0 Å². The molecule has 3 aromatic heterocycles. The normalized spacial score (nSPS) is 12.0. The van der Waals surface area contributed by atoms with E-state index in [4.69, 9.17) is 0 Å². The van der Waals surface area contributed by atoms with Gasteiger partial charge in [-0.3, -0.25) is 0 Å². The van der Waals surface area contributed by atoms with Crippen molar-refractivity contribution in [2.45, 2.75) is 0 Å². The summed E-state index contributed by atoms with van der Waals surface area (Å²) in [5, 5.41) is 10.2. The second kappa shape index (κ2) is 11.8. The van der Waals surface area contributed by atoms with E-state index in [-0.39, 0.29) is 0 Å². The minimum Gasteiger partial charge on any atom is -0.309 e. The predicted molar refractivity (Wildman–Crippen MR) is 236 cm³/mol. The van der Waals surface area contributed by atoms with Crippen molar-refractivity contribution < 1.29 is 0 Å². The number of benzene rings is 9. The summed E-state index contributed by atoms with van der Waals surface area (Å²) >= 11 is 1.87. The average molecular weight is 717 g/mol. The van der Waals surface area contributed by atoms with Crippen LogP contribution < -0.4 is 0 Å². The number of fused-ring (bicyclic) bond motifs is 10. The van der Waals surface area contributed by atoms with E-state index >= 15 is 0 Å². The van der Waals surface area contributed by atoms with Crippen LogP contribution in [0.1, 0.15) is 0 Å². The highest BCUT2D eigenvalue weighted by atomic mass is 32.1. The Balaban J connectivity index is 1.00. The molecule has 0 aliphatic carbocycles. The third kappa shape index (κ3) is 4.54. The quantitative estimate of drug-likeness (QED) is 0.172. The van der Waals surface area contributed by atoms with Crippen LogP contribution in [0.25, 0.3) is 108 Å². The maximum Gasteiger partial charge on any atom is 0.0555 e. The summed E-state index contributed by atoms with van der Waals surface area (Å²) in [4.78, 5) is 0. The van der Waals surface area contributed by atoms with Crippen molar-refractivity contribution in [3.8, 4) is 33.6 Å². The van der Waals surface area contributed by atoms with Gasteiger partial charge in [0.1, 0.15) is 0 Å². The monoisotopic (exact) mass is 716 g/mol. The van der Waals surface area contributed by atoms with Crippen molar-refractivity contribution in [2.75, 3.05) is 0 Å². The summed E-state index contributed by atoms with van der Waals surface area (Å²) in [5.41, 5.74) is 12.2. The molecule has 55 heavy (non-hydrogen) atoms. The van der Waals surface area contributed by atoms with Crippen LogP contribution >= 0.6 is 11.3 Å². The van der Waals surface area contributed by atoms with Crippen LogP contribution in [0.15, 0.2) is 194 Å². The number of aromatic nitrogens is 2. The summed E-state index contributed by atoms with van der Waals surface area (Å²) in [6, 6.07) is 71.4. The molecule has 12 aromatic rings. The predicted octanol–water partition coefficient (Wildman–Crippen LogP) is 14.7. The van der Waals surface area contributed by atoms with Gasteiger partial charge < -0.3 is 9.13 Å². The van der Waals surface area contributed by atoms with Gasteiger partial charge in [-0.2, -0.15) is 0 Å². The van der Waals surface area contributed by atoms with Crippen LogP contribution in [0.5, 0.6) is 0 Å². The van der Waals surface area contributed by atoms with Crippen molar-refractivity contribution in [1.82, 2.24) is 9.13 Å². The van der Waals surface area contributed by atoms with E-state index in [1.54, 1.807) is 0 Å². The SMILES string of the molecule is c1ccc2c(-c3ccc(-n4c5ccccc5c5cc(-c6ccc7c(c6)c6ccccc6n7-c6cccc7sc8ccccc8c67)ccc54)cc3)cccc2c1. The molecule has 0 bridgehead atoms. The molecule has 0 saturated carbocycles. The van der Waals surface area contributed by atoms with Crippen LogP contribution in [0.2, 0.25) is 0 Å². The van der Waals surface area contributed by atoms with Crippen molar-refractivity contribution >= 4 is 85.9 Å². The molecule has 0 saturated heterocycles. The maximum absolute atomic E-state index is 2.47. The molecular weight excluding hydrogens is 685 g/mol. The molecule has 9 aromatic carbocycles. The highest BCUT2D eigenvalue weighted by Gasteiger charge is 2.18. The zero-order valence-electron chi connectivity index (χ0n) is 29.8. The van der Waals surface area contributed by atoms with Gasteiger partial charge in [0, 0.05) is 47.4 Å². The summed E-state index contributed by atoms with van der Waals surface area (Å²) in [5.74, 6) is 0. The Kier molecular flexibility index (Phi) is 6.54. The number of para-hydroxylation sites is 2. The first-order chi connectivity index (χ1) is 27.3. The molecule has 0 aliphatic rings. The van der Waals surface area contributed by atoms with Crippen molar-refractivity contribution in [3.05, 3.63) is 194 Å². The van der Waals surface area contributed by atoms with Crippen molar-refractivity contribution in [1.29, 1.82) is 0 Å². The molecule has 3 heteroatoms. The number of thiophene rings is 1. The Morgan fingerprint density at radius 2 is 0.855 bits per heavy atom. The van der Waals surface area contributed by atoms with Crippen molar-refractivity contribution in [2.24, 2.45) is 0 Å². The Morgan fingerprint density at radius 1 is 0.327 bits per heavy atom. The maximum atomic E-state index is 2.47. The average Bonchev–Trinajstić information content (AvgIpc) is 3.91.